The monoisotopic (exact) mass is 317 g/mol. The van der Waals surface area contributed by atoms with E-state index in [0.29, 0.717) is 0 Å². The molecule has 0 aliphatic rings. The standard InChI is InChI=1S/C17H23N3O3/c1-5-6-7-20-12(2)8-14(13(20)3)9-15(10-18)17(22)23-11-16(21)19-4/h8-9H,5-7,11H2,1-4H3,(H,19,21). The molecule has 0 unspecified atom stereocenters. The average molecular weight is 317 g/mol. The second-order valence-corrected chi connectivity index (χ2v) is 5.25. The van der Waals surface area contributed by atoms with Crippen molar-refractivity contribution in [3.8, 4) is 6.07 Å². The summed E-state index contributed by atoms with van der Waals surface area (Å²) < 4.78 is 6.98. The van der Waals surface area contributed by atoms with Crippen LogP contribution in [0.4, 0.5) is 0 Å². The highest BCUT2D eigenvalue weighted by Crippen LogP contribution is 2.19. The van der Waals surface area contributed by atoms with E-state index in [0.717, 1.165) is 36.3 Å². The predicted octanol–water partition coefficient (Wildman–Crippen LogP) is 2.10. The third-order valence-corrected chi connectivity index (χ3v) is 3.60. The molecule has 6 heteroatoms. The lowest BCUT2D eigenvalue weighted by Gasteiger charge is -2.08. The lowest BCUT2D eigenvalue weighted by Crippen LogP contribution is -2.25. The molecule has 23 heavy (non-hydrogen) atoms. The van der Waals surface area contributed by atoms with Gasteiger partial charge in [-0.05, 0) is 38.0 Å². The van der Waals surface area contributed by atoms with E-state index in [2.05, 4.69) is 16.8 Å². The van der Waals surface area contributed by atoms with Gasteiger partial charge in [0.2, 0.25) is 0 Å². The van der Waals surface area contributed by atoms with Crippen LogP contribution < -0.4 is 5.32 Å². The van der Waals surface area contributed by atoms with Crippen molar-refractivity contribution in [3.05, 3.63) is 28.6 Å². The van der Waals surface area contributed by atoms with Crippen LogP contribution in [0.15, 0.2) is 11.6 Å². The van der Waals surface area contributed by atoms with Gasteiger partial charge in [-0.3, -0.25) is 4.79 Å². The van der Waals surface area contributed by atoms with Crippen LogP contribution >= 0.6 is 0 Å². The minimum absolute atomic E-state index is 0.121. The summed E-state index contributed by atoms with van der Waals surface area (Å²) in [7, 11) is 1.45. The van der Waals surface area contributed by atoms with Gasteiger partial charge in [0.25, 0.3) is 5.91 Å². The van der Waals surface area contributed by atoms with E-state index in [1.807, 2.05) is 26.0 Å². The molecule has 1 amide bonds. The predicted molar refractivity (Wildman–Crippen MR) is 87.4 cm³/mol. The second-order valence-electron chi connectivity index (χ2n) is 5.25. The molecule has 124 valence electrons. The number of hydrogen-bond donors (Lipinski definition) is 1. The summed E-state index contributed by atoms with van der Waals surface area (Å²) >= 11 is 0. The molecular formula is C17H23N3O3. The number of aryl methyl sites for hydroxylation is 1. The van der Waals surface area contributed by atoms with Gasteiger partial charge in [0, 0.05) is 25.0 Å². The third-order valence-electron chi connectivity index (χ3n) is 3.60. The molecule has 0 aliphatic heterocycles. The van der Waals surface area contributed by atoms with Gasteiger partial charge in [-0.25, -0.2) is 4.79 Å². The zero-order chi connectivity index (χ0) is 17.4. The Morgan fingerprint density at radius 1 is 1.43 bits per heavy atom. The number of nitrogens with one attached hydrogen (secondary N) is 1. The number of likely N-dealkylation sites (N-methyl/N-ethyl adjacent to an activating group) is 1. The fourth-order valence-corrected chi connectivity index (χ4v) is 2.21. The molecule has 0 saturated carbocycles. The third kappa shape index (κ3) is 4.99. The van der Waals surface area contributed by atoms with E-state index in [1.165, 1.54) is 13.1 Å². The second kappa shape index (κ2) is 8.79. The van der Waals surface area contributed by atoms with Gasteiger partial charge >= 0.3 is 5.97 Å². The number of aromatic nitrogens is 1. The molecular weight excluding hydrogens is 294 g/mol. The van der Waals surface area contributed by atoms with Crippen LogP contribution in [0, 0.1) is 25.2 Å². The van der Waals surface area contributed by atoms with Crippen molar-refractivity contribution in [2.45, 2.75) is 40.2 Å². The summed E-state index contributed by atoms with van der Waals surface area (Å²) in [5.74, 6) is -1.22. The van der Waals surface area contributed by atoms with Crippen LogP contribution in [0.1, 0.15) is 36.7 Å². The number of unbranched alkanes of at least 4 members (excludes halogenated alkanes) is 1. The Labute approximate surface area is 136 Å². The molecule has 1 rings (SSSR count). The number of amides is 1. The van der Waals surface area contributed by atoms with E-state index in [1.54, 1.807) is 0 Å². The Morgan fingerprint density at radius 2 is 2.13 bits per heavy atom. The summed E-state index contributed by atoms with van der Waals surface area (Å²) in [6.07, 6.45) is 3.67. The van der Waals surface area contributed by atoms with Gasteiger partial charge in [-0.1, -0.05) is 13.3 Å². The van der Waals surface area contributed by atoms with E-state index in [-0.39, 0.29) is 5.57 Å². The first-order valence-corrected chi connectivity index (χ1v) is 7.60. The van der Waals surface area contributed by atoms with Gasteiger partial charge in [-0.15, -0.1) is 0 Å². The van der Waals surface area contributed by atoms with Crippen LogP contribution in [-0.4, -0.2) is 30.1 Å². The largest absolute Gasteiger partial charge is 0.451 e. The Kier molecular flexibility index (Phi) is 7.07. The number of hydrogen-bond acceptors (Lipinski definition) is 4. The Bertz CT molecular complexity index is 651. The normalized spacial score (nSPS) is 11.0. The van der Waals surface area contributed by atoms with Gasteiger partial charge in [0.1, 0.15) is 11.6 Å². The molecule has 0 spiro atoms. The summed E-state index contributed by atoms with van der Waals surface area (Å²) in [6, 6.07) is 3.78. The molecule has 0 aliphatic carbocycles. The Hall–Kier alpha value is -2.55. The van der Waals surface area contributed by atoms with Crippen molar-refractivity contribution in [2.75, 3.05) is 13.7 Å². The summed E-state index contributed by atoms with van der Waals surface area (Å²) in [4.78, 5) is 23.0. The first-order valence-electron chi connectivity index (χ1n) is 7.60. The first-order chi connectivity index (χ1) is 10.9. The van der Waals surface area contributed by atoms with Crippen molar-refractivity contribution in [1.29, 1.82) is 5.26 Å². The molecule has 1 N–H and O–H groups in total. The highest BCUT2D eigenvalue weighted by molar-refractivity contribution is 5.99. The van der Waals surface area contributed by atoms with Gasteiger partial charge in [0.05, 0.1) is 0 Å². The fraction of sp³-hybridized carbons (Fsp3) is 0.471. The van der Waals surface area contributed by atoms with E-state index in [4.69, 9.17) is 10.00 Å². The minimum Gasteiger partial charge on any atom is -0.451 e. The Balaban J connectivity index is 2.96. The SMILES string of the molecule is CCCCn1c(C)cc(C=C(C#N)C(=O)OCC(=O)NC)c1C. The van der Waals surface area contributed by atoms with Crippen LogP contribution in [0.5, 0.6) is 0 Å². The zero-order valence-electron chi connectivity index (χ0n) is 14.1. The maximum atomic E-state index is 11.9. The quantitative estimate of drug-likeness (QED) is 0.474. The van der Waals surface area contributed by atoms with E-state index >= 15 is 0 Å². The Morgan fingerprint density at radius 3 is 2.70 bits per heavy atom. The maximum Gasteiger partial charge on any atom is 0.349 e. The molecule has 0 saturated heterocycles. The fourth-order valence-electron chi connectivity index (χ4n) is 2.21. The molecule has 1 heterocycles. The topological polar surface area (TPSA) is 84.1 Å². The average Bonchev–Trinajstić information content (AvgIpc) is 2.81. The van der Waals surface area contributed by atoms with Gasteiger partial charge in [-0.2, -0.15) is 5.26 Å². The van der Waals surface area contributed by atoms with Crippen molar-refractivity contribution >= 4 is 18.0 Å². The maximum absolute atomic E-state index is 11.9. The first kappa shape index (κ1) is 18.5. The smallest absolute Gasteiger partial charge is 0.349 e. The molecule has 0 radical (unpaired) electrons. The van der Waals surface area contributed by atoms with Crippen LogP contribution in [-0.2, 0) is 20.9 Å². The van der Waals surface area contributed by atoms with Gasteiger partial charge < -0.3 is 14.6 Å². The molecule has 1 aromatic heterocycles. The molecule has 1 aromatic rings. The summed E-state index contributed by atoms with van der Waals surface area (Å²) in [5.41, 5.74) is 2.78. The van der Waals surface area contributed by atoms with E-state index in [9.17, 15) is 9.59 Å². The van der Waals surface area contributed by atoms with Gasteiger partial charge in [0.15, 0.2) is 6.61 Å². The molecule has 6 nitrogen and oxygen atoms in total. The van der Waals surface area contributed by atoms with Crippen molar-refractivity contribution < 1.29 is 14.3 Å². The number of nitrogens with zero attached hydrogens (tertiary/aromatic N) is 2. The lowest BCUT2D eigenvalue weighted by molar-refractivity contribution is -0.144. The molecule has 0 bridgehead atoms. The van der Waals surface area contributed by atoms with Crippen LogP contribution in [0.2, 0.25) is 0 Å². The number of carbonyl (C=O) groups excluding carboxylic acids is 2. The number of ether oxygens (including phenoxy) is 1. The summed E-state index contributed by atoms with van der Waals surface area (Å²) in [5, 5.41) is 11.5. The number of nitriles is 1. The number of rotatable bonds is 7. The van der Waals surface area contributed by atoms with Crippen molar-refractivity contribution in [2.24, 2.45) is 0 Å². The minimum atomic E-state index is -0.797. The molecule has 0 aromatic carbocycles. The van der Waals surface area contributed by atoms with Crippen LogP contribution in [0.3, 0.4) is 0 Å². The molecule has 0 atom stereocenters. The van der Waals surface area contributed by atoms with Crippen molar-refractivity contribution in [3.63, 3.8) is 0 Å². The highest BCUT2D eigenvalue weighted by atomic mass is 16.5. The van der Waals surface area contributed by atoms with E-state index < -0.39 is 18.5 Å². The van der Waals surface area contributed by atoms with Crippen molar-refractivity contribution in [1.82, 2.24) is 9.88 Å². The zero-order valence-corrected chi connectivity index (χ0v) is 14.1. The lowest BCUT2D eigenvalue weighted by atomic mass is 10.1. The number of esters is 1. The summed E-state index contributed by atoms with van der Waals surface area (Å²) in [6.45, 7) is 6.59. The number of carbonyl (C=O) groups is 2. The highest BCUT2D eigenvalue weighted by Gasteiger charge is 2.15. The van der Waals surface area contributed by atoms with Crippen LogP contribution in [0.25, 0.3) is 6.08 Å². The molecule has 0 fully saturated rings.